The van der Waals surface area contributed by atoms with Gasteiger partial charge in [0.2, 0.25) is 5.91 Å². The normalized spacial score (nSPS) is 12.4. The molecule has 1 aliphatic rings. The molecule has 1 heterocycles. The zero-order valence-corrected chi connectivity index (χ0v) is 15.9. The lowest BCUT2D eigenvalue weighted by Crippen LogP contribution is -2.20. The number of benzene rings is 3. The van der Waals surface area contributed by atoms with Gasteiger partial charge in [0.15, 0.2) is 5.13 Å². The number of nitrogens with one attached hydrogen (secondary N) is 1. The molecular formula is C24H18N2OS. The lowest BCUT2D eigenvalue weighted by atomic mass is 9.96. The maximum absolute atomic E-state index is 13.2. The summed E-state index contributed by atoms with van der Waals surface area (Å²) in [5.74, 6) is -0.327. The van der Waals surface area contributed by atoms with E-state index in [1.54, 1.807) is 0 Å². The second kappa shape index (κ2) is 7.06. The van der Waals surface area contributed by atoms with Crippen molar-refractivity contribution in [1.82, 2.24) is 4.98 Å². The van der Waals surface area contributed by atoms with Crippen LogP contribution in [0.2, 0.25) is 0 Å². The summed E-state index contributed by atoms with van der Waals surface area (Å²) < 4.78 is 0. The molecule has 0 saturated heterocycles. The fourth-order valence-corrected chi connectivity index (χ4v) is 4.71. The highest BCUT2D eigenvalue weighted by Gasteiger charge is 2.33. The van der Waals surface area contributed by atoms with Gasteiger partial charge in [-0.25, -0.2) is 4.98 Å². The van der Waals surface area contributed by atoms with Gasteiger partial charge >= 0.3 is 0 Å². The molecule has 0 aliphatic heterocycles. The van der Waals surface area contributed by atoms with Crippen LogP contribution < -0.4 is 5.32 Å². The minimum Gasteiger partial charge on any atom is -0.301 e. The largest absolute Gasteiger partial charge is 0.301 e. The smallest absolute Gasteiger partial charge is 0.238 e. The lowest BCUT2D eigenvalue weighted by Gasteiger charge is -2.12. The molecule has 1 amide bonds. The van der Waals surface area contributed by atoms with Crippen LogP contribution in [0.1, 0.15) is 27.5 Å². The van der Waals surface area contributed by atoms with Crippen molar-refractivity contribution in [3.8, 4) is 11.1 Å². The molecule has 0 spiro atoms. The van der Waals surface area contributed by atoms with Crippen LogP contribution in [0.4, 0.5) is 5.13 Å². The van der Waals surface area contributed by atoms with E-state index in [0.29, 0.717) is 5.13 Å². The van der Waals surface area contributed by atoms with Gasteiger partial charge in [-0.2, -0.15) is 0 Å². The third kappa shape index (κ3) is 3.02. The summed E-state index contributed by atoms with van der Waals surface area (Å²) in [6, 6.07) is 26.6. The maximum Gasteiger partial charge on any atom is 0.238 e. The van der Waals surface area contributed by atoms with Gasteiger partial charge in [-0.3, -0.25) is 4.79 Å². The molecule has 0 atom stereocenters. The molecular weight excluding hydrogens is 364 g/mol. The predicted octanol–water partition coefficient (Wildman–Crippen LogP) is 5.48. The third-order valence-electron chi connectivity index (χ3n) is 5.10. The van der Waals surface area contributed by atoms with Gasteiger partial charge < -0.3 is 5.32 Å². The summed E-state index contributed by atoms with van der Waals surface area (Å²) >= 11 is 1.53. The fourth-order valence-electron chi connectivity index (χ4n) is 3.86. The summed E-state index contributed by atoms with van der Waals surface area (Å²) in [5.41, 5.74) is 5.64. The monoisotopic (exact) mass is 382 g/mol. The SMILES string of the molecule is O=C(Nc1ncc(Cc2ccccc2)s1)C1c2ccccc2-c2ccccc21. The molecule has 1 N–H and O–H groups in total. The zero-order valence-electron chi connectivity index (χ0n) is 15.1. The van der Waals surface area contributed by atoms with Crippen molar-refractivity contribution in [2.75, 3.05) is 5.32 Å². The number of rotatable bonds is 4. The molecule has 0 bridgehead atoms. The third-order valence-corrected chi connectivity index (χ3v) is 6.01. The molecule has 4 aromatic rings. The number of hydrogen-bond acceptors (Lipinski definition) is 3. The molecule has 0 unspecified atom stereocenters. The molecule has 1 aromatic heterocycles. The number of nitrogens with zero attached hydrogens (tertiary/aromatic N) is 1. The minimum atomic E-state index is -0.297. The molecule has 136 valence electrons. The Morgan fingerprint density at radius 3 is 2.14 bits per heavy atom. The van der Waals surface area contributed by atoms with E-state index in [9.17, 15) is 4.79 Å². The first-order chi connectivity index (χ1) is 13.8. The van der Waals surface area contributed by atoms with Gasteiger partial charge in [-0.1, -0.05) is 78.9 Å². The number of amides is 1. The Hall–Kier alpha value is -3.24. The number of fused-ring (bicyclic) bond motifs is 3. The van der Waals surface area contributed by atoms with E-state index in [-0.39, 0.29) is 11.8 Å². The average Bonchev–Trinajstić information content (AvgIpc) is 3.30. The number of anilines is 1. The standard InChI is InChI=1S/C24H18N2OS/c27-23(26-24-25-15-17(28-24)14-16-8-2-1-3-9-16)22-20-12-6-4-10-18(20)19-11-5-7-13-21(19)22/h1-13,15,22H,14H2,(H,25,26,27). The van der Waals surface area contributed by atoms with E-state index in [1.807, 2.05) is 60.8 Å². The van der Waals surface area contributed by atoms with E-state index in [4.69, 9.17) is 0 Å². The second-order valence-corrected chi connectivity index (χ2v) is 8.01. The van der Waals surface area contributed by atoms with Crippen molar-refractivity contribution in [1.29, 1.82) is 0 Å². The molecule has 0 radical (unpaired) electrons. The van der Waals surface area contributed by atoms with E-state index in [2.05, 4.69) is 34.6 Å². The van der Waals surface area contributed by atoms with Crippen molar-refractivity contribution in [2.24, 2.45) is 0 Å². The first kappa shape index (κ1) is 16.9. The number of carbonyl (C=O) groups is 1. The van der Waals surface area contributed by atoms with Gasteiger partial charge in [0.05, 0.1) is 5.92 Å². The highest BCUT2D eigenvalue weighted by Crippen LogP contribution is 2.45. The Labute approximate surface area is 167 Å². The summed E-state index contributed by atoms with van der Waals surface area (Å²) in [6.07, 6.45) is 2.67. The molecule has 3 aromatic carbocycles. The van der Waals surface area contributed by atoms with Crippen LogP contribution >= 0.6 is 11.3 Å². The van der Waals surface area contributed by atoms with Crippen LogP contribution in [0, 0.1) is 0 Å². The fraction of sp³-hybridized carbons (Fsp3) is 0.0833. The van der Waals surface area contributed by atoms with Gasteiger partial charge in [-0.05, 0) is 27.8 Å². The van der Waals surface area contributed by atoms with E-state index in [1.165, 1.54) is 16.9 Å². The highest BCUT2D eigenvalue weighted by molar-refractivity contribution is 7.15. The maximum atomic E-state index is 13.2. The van der Waals surface area contributed by atoms with Crippen LogP contribution in [0.3, 0.4) is 0 Å². The molecule has 1 aliphatic carbocycles. The number of hydrogen-bond donors (Lipinski definition) is 1. The molecule has 28 heavy (non-hydrogen) atoms. The van der Waals surface area contributed by atoms with Crippen molar-refractivity contribution in [3.63, 3.8) is 0 Å². The molecule has 4 heteroatoms. The van der Waals surface area contributed by atoms with Crippen LogP contribution in [0.15, 0.2) is 85.1 Å². The first-order valence-electron chi connectivity index (χ1n) is 9.27. The summed E-state index contributed by atoms with van der Waals surface area (Å²) in [7, 11) is 0. The van der Waals surface area contributed by atoms with Gasteiger partial charge in [0.1, 0.15) is 0 Å². The molecule has 5 rings (SSSR count). The Kier molecular flexibility index (Phi) is 4.26. The molecule has 3 nitrogen and oxygen atoms in total. The second-order valence-electron chi connectivity index (χ2n) is 6.89. The quantitative estimate of drug-likeness (QED) is 0.507. The van der Waals surface area contributed by atoms with Gasteiger partial charge in [0, 0.05) is 17.5 Å². The Bertz CT molecular complexity index is 1100. The van der Waals surface area contributed by atoms with Gasteiger partial charge in [0.25, 0.3) is 0 Å². The lowest BCUT2D eigenvalue weighted by molar-refractivity contribution is -0.116. The zero-order chi connectivity index (χ0) is 18.9. The summed E-state index contributed by atoms with van der Waals surface area (Å²) in [5, 5.41) is 3.69. The summed E-state index contributed by atoms with van der Waals surface area (Å²) in [4.78, 5) is 18.7. The van der Waals surface area contributed by atoms with Crippen molar-refractivity contribution in [3.05, 3.63) is 107 Å². The van der Waals surface area contributed by atoms with Crippen molar-refractivity contribution in [2.45, 2.75) is 12.3 Å². The molecule has 0 fully saturated rings. The number of aromatic nitrogens is 1. The van der Waals surface area contributed by atoms with Crippen LogP contribution in [0.25, 0.3) is 11.1 Å². The van der Waals surface area contributed by atoms with Crippen LogP contribution in [-0.2, 0) is 11.2 Å². The van der Waals surface area contributed by atoms with Crippen LogP contribution in [-0.4, -0.2) is 10.9 Å². The summed E-state index contributed by atoms with van der Waals surface area (Å²) in [6.45, 7) is 0. The Morgan fingerprint density at radius 1 is 0.857 bits per heavy atom. The predicted molar refractivity (Wildman–Crippen MR) is 114 cm³/mol. The minimum absolute atomic E-state index is 0.0296. The number of thiazole rings is 1. The van der Waals surface area contributed by atoms with E-state index < -0.39 is 0 Å². The molecule has 0 saturated carbocycles. The van der Waals surface area contributed by atoms with E-state index in [0.717, 1.165) is 33.6 Å². The Morgan fingerprint density at radius 2 is 1.46 bits per heavy atom. The van der Waals surface area contributed by atoms with Crippen molar-refractivity contribution < 1.29 is 4.79 Å². The highest BCUT2D eigenvalue weighted by atomic mass is 32.1. The van der Waals surface area contributed by atoms with Crippen LogP contribution in [0.5, 0.6) is 0 Å². The average molecular weight is 382 g/mol. The van der Waals surface area contributed by atoms with Gasteiger partial charge in [-0.15, -0.1) is 11.3 Å². The van der Waals surface area contributed by atoms with Crippen molar-refractivity contribution >= 4 is 22.4 Å². The first-order valence-corrected chi connectivity index (χ1v) is 10.1. The van der Waals surface area contributed by atoms with E-state index >= 15 is 0 Å². The number of carbonyl (C=O) groups excluding carboxylic acids is 1. The topological polar surface area (TPSA) is 42.0 Å². The Balaban J connectivity index is 1.39.